The van der Waals surface area contributed by atoms with Gasteiger partial charge in [-0.2, -0.15) is 0 Å². The highest BCUT2D eigenvalue weighted by Crippen LogP contribution is 2.54. The lowest BCUT2D eigenvalue weighted by Gasteiger charge is -2.00. The molecule has 0 radical (unpaired) electrons. The van der Waals surface area contributed by atoms with Crippen LogP contribution in [0, 0.1) is 0 Å². The Morgan fingerprint density at radius 1 is 0.750 bits per heavy atom. The topological polar surface area (TPSA) is 0 Å². The van der Waals surface area contributed by atoms with Gasteiger partial charge in [-0.3, -0.25) is 0 Å². The molecule has 0 spiro atoms. The van der Waals surface area contributed by atoms with Crippen molar-refractivity contribution in [3.05, 3.63) is 60.7 Å². The number of benzene rings is 2. The van der Waals surface area contributed by atoms with E-state index in [0.717, 1.165) is 0 Å². The highest BCUT2D eigenvalue weighted by atomic mass is 32.2. The number of fused-ring (bicyclic) bond motifs is 1. The third-order valence-corrected chi connectivity index (χ3v) is 5.00. The van der Waals surface area contributed by atoms with Crippen molar-refractivity contribution in [1.29, 1.82) is 0 Å². The summed E-state index contributed by atoms with van der Waals surface area (Å²) in [7, 11) is -7.85. The van der Waals surface area contributed by atoms with Gasteiger partial charge in [-0.25, -0.2) is 0 Å². The monoisotopic (exact) mass is 366 g/mol. The summed E-state index contributed by atoms with van der Waals surface area (Å²) in [5.41, 5.74) is -3.60. The summed E-state index contributed by atoms with van der Waals surface area (Å²) in [5, 5.41) is 0.669. The molecule has 0 aliphatic rings. The van der Waals surface area contributed by atoms with Crippen molar-refractivity contribution in [2.75, 3.05) is 0 Å². The number of rotatable bonds is 1. The quantitative estimate of drug-likeness (QED) is 0.246. The maximum absolute atomic E-state index is 13.3. The lowest BCUT2D eigenvalue weighted by atomic mass is 10.2. The first-order valence-electron chi connectivity index (χ1n) is 6.62. The van der Waals surface area contributed by atoms with Crippen LogP contribution in [0.15, 0.2) is 60.7 Å². The Labute approximate surface area is 135 Å². The molecule has 0 aliphatic heterocycles. The lowest BCUT2D eigenvalue weighted by molar-refractivity contribution is -0.0864. The van der Waals surface area contributed by atoms with Crippen molar-refractivity contribution in [2.24, 2.45) is 0 Å². The summed E-state index contributed by atoms with van der Waals surface area (Å²) in [4.78, 5) is 0.356. The standard InChI is InChI=1S/C15H10F3S.BF4/c16-15(17,18)19-13-9-5-4-8-12(13)10-14(19)11-6-2-1-3-7-11;2-1(3,4)5/h1-10H;/q+1;-1. The van der Waals surface area contributed by atoms with Gasteiger partial charge in [0.05, 0.1) is 0 Å². The van der Waals surface area contributed by atoms with Crippen molar-refractivity contribution in [1.82, 2.24) is 0 Å². The maximum atomic E-state index is 13.3. The number of thiophene rings is 1. The second-order valence-electron chi connectivity index (χ2n) is 4.66. The summed E-state index contributed by atoms with van der Waals surface area (Å²) in [6, 6.07) is 17.2. The molecule has 1 unspecified atom stereocenters. The summed E-state index contributed by atoms with van der Waals surface area (Å²) in [6.45, 7) is 0. The smallest absolute Gasteiger partial charge is 0.418 e. The van der Waals surface area contributed by atoms with E-state index in [4.69, 9.17) is 0 Å². The molecule has 0 aliphatic carbocycles. The van der Waals surface area contributed by atoms with E-state index < -0.39 is 23.2 Å². The molecule has 3 rings (SSSR count). The molecule has 0 fully saturated rings. The average Bonchev–Trinajstić information content (AvgIpc) is 2.86. The van der Waals surface area contributed by atoms with Gasteiger partial charge in [0.25, 0.3) is 0 Å². The third kappa shape index (κ3) is 4.73. The largest absolute Gasteiger partial charge is 0.673 e. The van der Waals surface area contributed by atoms with E-state index in [1.54, 1.807) is 60.7 Å². The minimum atomic E-state index is -6.00. The van der Waals surface area contributed by atoms with E-state index in [0.29, 0.717) is 20.5 Å². The second kappa shape index (κ2) is 6.84. The Morgan fingerprint density at radius 2 is 1.25 bits per heavy atom. The van der Waals surface area contributed by atoms with Crippen LogP contribution in [0.25, 0.3) is 20.5 Å². The van der Waals surface area contributed by atoms with Gasteiger partial charge in [0, 0.05) is 17.0 Å². The van der Waals surface area contributed by atoms with Gasteiger partial charge >= 0.3 is 12.8 Å². The molecule has 0 nitrogen and oxygen atoms in total. The van der Waals surface area contributed by atoms with Crippen molar-refractivity contribution >= 4 is 27.8 Å². The first-order chi connectivity index (χ1) is 11.1. The zero-order chi connectivity index (χ0) is 18.0. The molecule has 0 N–H and O–H groups in total. The molecule has 128 valence electrons. The molecule has 0 bridgehead atoms. The van der Waals surface area contributed by atoms with Crippen LogP contribution >= 0.6 is 10.5 Å². The van der Waals surface area contributed by atoms with Crippen molar-refractivity contribution < 1.29 is 30.4 Å². The Hall–Kier alpha value is -2.03. The third-order valence-electron chi connectivity index (χ3n) is 2.94. The van der Waals surface area contributed by atoms with E-state index in [-0.39, 0.29) is 0 Å². The van der Waals surface area contributed by atoms with Gasteiger partial charge < -0.3 is 17.3 Å². The van der Waals surface area contributed by atoms with Crippen LogP contribution in [0.4, 0.5) is 30.4 Å². The van der Waals surface area contributed by atoms with Crippen LogP contribution in [-0.4, -0.2) is 7.25 Å². The maximum Gasteiger partial charge on any atom is 0.673 e. The second-order valence-corrected chi connectivity index (χ2v) is 6.61. The summed E-state index contributed by atoms with van der Waals surface area (Å²) >= 11 is 0. The fraction of sp³-hybridized carbons (Fsp3) is 0.0667. The normalized spacial score (nSPS) is 12.7. The zero-order valence-corrected chi connectivity index (χ0v) is 12.7. The number of hydrogen-bond acceptors (Lipinski definition) is 0. The van der Waals surface area contributed by atoms with Crippen LogP contribution in [-0.2, 0) is 5.51 Å². The predicted molar refractivity (Wildman–Crippen MR) is 83.3 cm³/mol. The van der Waals surface area contributed by atoms with Gasteiger partial charge in [-0.05, 0) is 24.3 Å². The molecule has 9 heteroatoms. The summed E-state index contributed by atoms with van der Waals surface area (Å²) < 4.78 is 79.4. The average molecular weight is 366 g/mol. The molecule has 24 heavy (non-hydrogen) atoms. The zero-order valence-electron chi connectivity index (χ0n) is 11.9. The van der Waals surface area contributed by atoms with Crippen molar-refractivity contribution in [3.63, 3.8) is 0 Å². The first-order valence-corrected chi connectivity index (χ1v) is 7.84. The molecule has 3 aromatic rings. The van der Waals surface area contributed by atoms with E-state index in [2.05, 4.69) is 0 Å². The number of hydrogen-bond donors (Lipinski definition) is 0. The molecule has 1 heterocycles. The molecule has 1 aromatic heterocycles. The molecule has 1 atom stereocenters. The minimum Gasteiger partial charge on any atom is -0.418 e. The molecule has 0 saturated carbocycles. The Balaban J connectivity index is 0.000000368. The van der Waals surface area contributed by atoms with Crippen LogP contribution in [0.2, 0.25) is 0 Å². The molecule has 0 saturated heterocycles. The number of alkyl halides is 3. The van der Waals surface area contributed by atoms with E-state index in [1.807, 2.05) is 0 Å². The number of halogens is 7. The predicted octanol–water partition coefficient (Wildman–Crippen LogP) is 7.03. The lowest BCUT2D eigenvalue weighted by Crippen LogP contribution is -2.02. The molecule has 2 aromatic carbocycles. The van der Waals surface area contributed by atoms with Gasteiger partial charge in [-0.1, -0.05) is 30.3 Å². The van der Waals surface area contributed by atoms with E-state index >= 15 is 0 Å². The van der Waals surface area contributed by atoms with Crippen LogP contribution < -0.4 is 0 Å². The Bertz CT molecular complexity index is 800. The van der Waals surface area contributed by atoms with Crippen LogP contribution in [0.3, 0.4) is 0 Å². The molecule has 0 amide bonds. The van der Waals surface area contributed by atoms with E-state index in [9.17, 15) is 30.4 Å². The Kier molecular flexibility index (Phi) is 5.22. The van der Waals surface area contributed by atoms with Gasteiger partial charge in [0.15, 0.2) is 9.58 Å². The van der Waals surface area contributed by atoms with Gasteiger partial charge in [0.1, 0.15) is 10.5 Å². The van der Waals surface area contributed by atoms with Crippen molar-refractivity contribution in [3.8, 4) is 10.4 Å². The highest BCUT2D eigenvalue weighted by molar-refractivity contribution is 7.41. The minimum absolute atomic E-state index is 0.356. The fourth-order valence-corrected chi connectivity index (χ4v) is 4.09. The highest BCUT2D eigenvalue weighted by Gasteiger charge is 2.48. The molecular weight excluding hydrogens is 356 g/mol. The van der Waals surface area contributed by atoms with Crippen LogP contribution in [0.5, 0.6) is 0 Å². The van der Waals surface area contributed by atoms with E-state index in [1.165, 1.54) is 0 Å². The van der Waals surface area contributed by atoms with Crippen LogP contribution in [0.1, 0.15) is 0 Å². The van der Waals surface area contributed by atoms with Crippen molar-refractivity contribution in [2.45, 2.75) is 5.51 Å². The van der Waals surface area contributed by atoms with Gasteiger partial charge in [0.2, 0.25) is 0 Å². The summed E-state index contributed by atoms with van der Waals surface area (Å²) in [6.07, 6.45) is 0. The Morgan fingerprint density at radius 3 is 1.79 bits per heavy atom. The SMILES string of the molecule is FC(F)(F)[s+]1c(-c2ccccc2)cc2ccccc21.F[B-](F)(F)F. The first kappa shape index (κ1) is 18.3. The summed E-state index contributed by atoms with van der Waals surface area (Å²) in [5.74, 6) is 0. The van der Waals surface area contributed by atoms with Gasteiger partial charge in [-0.15, -0.1) is 13.2 Å². The fourth-order valence-electron chi connectivity index (χ4n) is 2.16. The molecular formula is C15H10BF7S.